The Morgan fingerprint density at radius 3 is 2.97 bits per heavy atom. The second kappa shape index (κ2) is 10.0. The second-order valence-electron chi connectivity index (χ2n) is 6.80. The van der Waals surface area contributed by atoms with E-state index in [1.54, 1.807) is 6.20 Å². The number of rotatable bonds is 9. The number of thioether (sulfide) groups is 1. The number of aromatic nitrogens is 4. The third kappa shape index (κ3) is 5.37. The van der Waals surface area contributed by atoms with E-state index >= 15 is 0 Å². The van der Waals surface area contributed by atoms with Crippen LogP contribution in [0.3, 0.4) is 0 Å². The number of nitrogens with two attached hydrogens (primary N) is 1. The molecule has 2 aromatic heterocycles. The fourth-order valence-corrected chi connectivity index (χ4v) is 3.82. The van der Waals surface area contributed by atoms with Crippen molar-refractivity contribution in [2.45, 2.75) is 42.2 Å². The Morgan fingerprint density at radius 1 is 1.50 bits per heavy atom. The third-order valence-electron chi connectivity index (χ3n) is 4.62. The molecule has 30 heavy (non-hydrogen) atoms. The summed E-state index contributed by atoms with van der Waals surface area (Å²) in [5.41, 5.74) is 5.38. The van der Waals surface area contributed by atoms with Crippen LogP contribution >= 0.6 is 11.8 Å². The molecule has 1 aliphatic heterocycles. The summed E-state index contributed by atoms with van der Waals surface area (Å²) >= 11 is 1.15. The minimum Gasteiger partial charge on any atom is -0.394 e. The van der Waals surface area contributed by atoms with Crippen LogP contribution in [0.4, 0.5) is 0 Å². The molecule has 3 rings (SSSR count). The maximum Gasteiger partial charge on any atom is 0.330 e. The number of imidazole rings is 1. The molecule has 13 heteroatoms. The number of nitrogens with zero attached hydrogens (tertiary/aromatic N) is 2. The van der Waals surface area contributed by atoms with Crippen molar-refractivity contribution in [3.63, 3.8) is 0 Å². The highest BCUT2D eigenvalue weighted by Crippen LogP contribution is 2.27. The van der Waals surface area contributed by atoms with Crippen LogP contribution < -0.4 is 22.3 Å². The van der Waals surface area contributed by atoms with Gasteiger partial charge in [0, 0.05) is 43.2 Å². The molecule has 12 nitrogen and oxygen atoms in total. The number of aromatic amines is 2. The highest BCUT2D eigenvalue weighted by atomic mass is 32.2. The molecular formula is C17H24N6O6S. The van der Waals surface area contributed by atoms with Gasteiger partial charge in [0.15, 0.2) is 0 Å². The molecule has 0 spiro atoms. The Hall–Kier alpha value is -2.45. The number of carbonyl (C=O) groups is 1. The molecule has 0 saturated carbocycles. The summed E-state index contributed by atoms with van der Waals surface area (Å²) in [5, 5.41) is 21.7. The molecule has 0 aliphatic carbocycles. The topological polar surface area (TPSA) is 188 Å². The van der Waals surface area contributed by atoms with E-state index in [9.17, 15) is 24.6 Å². The summed E-state index contributed by atoms with van der Waals surface area (Å²) in [7, 11) is 0. The quantitative estimate of drug-likeness (QED) is 0.184. The molecule has 0 aromatic carbocycles. The Labute approximate surface area is 174 Å². The Bertz CT molecular complexity index is 960. The van der Waals surface area contributed by atoms with Gasteiger partial charge in [-0.2, -0.15) is 0 Å². The summed E-state index contributed by atoms with van der Waals surface area (Å²) in [4.78, 5) is 45.5. The van der Waals surface area contributed by atoms with Gasteiger partial charge in [0.05, 0.1) is 30.0 Å². The number of hydrogen-bond donors (Lipinski definition) is 6. The van der Waals surface area contributed by atoms with Crippen LogP contribution in [0.2, 0.25) is 0 Å². The van der Waals surface area contributed by atoms with E-state index in [0.717, 1.165) is 17.5 Å². The first kappa shape index (κ1) is 22.2. The van der Waals surface area contributed by atoms with Crippen molar-refractivity contribution in [1.29, 1.82) is 0 Å². The van der Waals surface area contributed by atoms with Crippen LogP contribution in [0.15, 0.2) is 33.2 Å². The maximum atomic E-state index is 12.1. The van der Waals surface area contributed by atoms with E-state index in [1.807, 2.05) is 0 Å². The average molecular weight is 440 g/mol. The lowest BCUT2D eigenvalue weighted by molar-refractivity contribution is -0.122. The fourth-order valence-electron chi connectivity index (χ4n) is 3.03. The van der Waals surface area contributed by atoms with Crippen molar-refractivity contribution < 1.29 is 19.7 Å². The number of H-pyrrole nitrogens is 2. The predicted molar refractivity (Wildman–Crippen MR) is 107 cm³/mol. The van der Waals surface area contributed by atoms with Gasteiger partial charge in [-0.1, -0.05) is 0 Å². The summed E-state index contributed by atoms with van der Waals surface area (Å²) in [6, 6.07) is -0.730. The molecule has 1 fully saturated rings. The Morgan fingerprint density at radius 2 is 2.30 bits per heavy atom. The van der Waals surface area contributed by atoms with Gasteiger partial charge >= 0.3 is 5.69 Å². The Balaban J connectivity index is 1.53. The first-order valence-electron chi connectivity index (χ1n) is 9.32. The van der Waals surface area contributed by atoms with Crippen LogP contribution in [0.1, 0.15) is 18.3 Å². The number of aliphatic hydroxyl groups is 2. The lowest BCUT2D eigenvalue weighted by Crippen LogP contribution is -2.42. The van der Waals surface area contributed by atoms with Gasteiger partial charge in [-0.15, -0.1) is 11.8 Å². The van der Waals surface area contributed by atoms with E-state index in [-0.39, 0.29) is 30.4 Å². The highest BCUT2D eigenvalue weighted by Gasteiger charge is 2.35. The Kier molecular flexibility index (Phi) is 7.44. The fraction of sp³-hybridized carbons (Fsp3) is 0.529. The molecule has 4 atom stereocenters. The molecule has 0 radical (unpaired) electrons. The zero-order valence-electron chi connectivity index (χ0n) is 16.0. The molecule has 2 aromatic rings. The van der Waals surface area contributed by atoms with Gasteiger partial charge in [0.25, 0.3) is 5.56 Å². The number of hydrogen-bond acceptors (Lipinski definition) is 9. The molecule has 7 N–H and O–H groups in total. The van der Waals surface area contributed by atoms with Crippen molar-refractivity contribution in [3.8, 4) is 0 Å². The zero-order chi connectivity index (χ0) is 21.7. The van der Waals surface area contributed by atoms with Crippen LogP contribution in [-0.2, 0) is 16.0 Å². The SMILES string of the molecule is N[C@@H](Cc1cnc[nH]1)C(=O)NCCSc1cn([C@H]2C[C@H](O)[C@@H](CO)O2)c(=O)[nH]c1=O. The molecule has 3 heterocycles. The number of nitrogens with one attached hydrogen (secondary N) is 3. The molecular weight excluding hydrogens is 416 g/mol. The van der Waals surface area contributed by atoms with Gasteiger partial charge in [-0.25, -0.2) is 9.78 Å². The van der Waals surface area contributed by atoms with E-state index in [4.69, 9.17) is 10.5 Å². The van der Waals surface area contributed by atoms with Gasteiger partial charge in [0.1, 0.15) is 12.3 Å². The van der Waals surface area contributed by atoms with E-state index in [1.165, 1.54) is 17.1 Å². The van der Waals surface area contributed by atoms with Crippen LogP contribution in [-0.4, -0.2) is 72.8 Å². The van der Waals surface area contributed by atoms with Gasteiger partial charge in [-0.3, -0.25) is 19.1 Å². The molecule has 1 amide bonds. The van der Waals surface area contributed by atoms with Crippen LogP contribution in [0, 0.1) is 0 Å². The van der Waals surface area contributed by atoms with E-state index < -0.39 is 35.7 Å². The first-order chi connectivity index (χ1) is 14.4. The summed E-state index contributed by atoms with van der Waals surface area (Å²) < 4.78 is 6.65. The summed E-state index contributed by atoms with van der Waals surface area (Å²) in [6.45, 7) is -0.108. The van der Waals surface area contributed by atoms with Crippen LogP contribution in [0.25, 0.3) is 0 Å². The van der Waals surface area contributed by atoms with Gasteiger partial charge < -0.3 is 31.0 Å². The minimum absolute atomic E-state index is 0.117. The maximum absolute atomic E-state index is 12.1. The average Bonchev–Trinajstić information content (AvgIpc) is 3.35. The molecule has 164 valence electrons. The largest absolute Gasteiger partial charge is 0.394 e. The predicted octanol–water partition coefficient (Wildman–Crippen LogP) is -2.32. The van der Waals surface area contributed by atoms with Crippen molar-refractivity contribution in [3.05, 3.63) is 45.3 Å². The number of ether oxygens (including phenoxy) is 1. The normalized spacial score (nSPS) is 22.2. The van der Waals surface area contributed by atoms with Crippen molar-refractivity contribution in [2.24, 2.45) is 5.73 Å². The molecule has 0 unspecified atom stereocenters. The first-order valence-corrected chi connectivity index (χ1v) is 10.3. The van der Waals surface area contributed by atoms with E-state index in [0.29, 0.717) is 12.2 Å². The molecule has 1 saturated heterocycles. The van der Waals surface area contributed by atoms with Crippen molar-refractivity contribution in [2.75, 3.05) is 18.9 Å². The number of carbonyl (C=O) groups excluding carboxylic acids is 1. The summed E-state index contributed by atoms with van der Waals surface area (Å²) in [6.07, 6.45) is 2.42. The standard InChI is InChI=1S/C17H24N6O6S/c18-10(3-9-5-19-8-21-9)15(26)20-1-2-30-13-6-23(17(28)22-16(13)27)14-4-11(25)12(7-24)29-14/h5-6,8,10-12,14,24-25H,1-4,7,18H2,(H,19,21)(H,20,26)(H,22,27,28)/t10-,11-,12+,14+/m0/s1. The van der Waals surface area contributed by atoms with E-state index in [2.05, 4.69) is 20.3 Å². The van der Waals surface area contributed by atoms with Crippen molar-refractivity contribution >= 4 is 17.7 Å². The second-order valence-corrected chi connectivity index (χ2v) is 7.94. The van der Waals surface area contributed by atoms with Crippen molar-refractivity contribution in [1.82, 2.24) is 24.8 Å². The monoisotopic (exact) mass is 440 g/mol. The van der Waals surface area contributed by atoms with Crippen LogP contribution in [0.5, 0.6) is 0 Å². The number of aliphatic hydroxyl groups excluding tert-OH is 2. The van der Waals surface area contributed by atoms with Gasteiger partial charge in [-0.05, 0) is 0 Å². The molecule has 1 aliphatic rings. The smallest absolute Gasteiger partial charge is 0.330 e. The minimum atomic E-state index is -0.906. The number of amides is 1. The molecule has 0 bridgehead atoms. The lowest BCUT2D eigenvalue weighted by atomic mass is 10.1. The zero-order valence-corrected chi connectivity index (χ0v) is 16.8. The van der Waals surface area contributed by atoms with Gasteiger partial charge in [0.2, 0.25) is 5.91 Å². The highest BCUT2D eigenvalue weighted by molar-refractivity contribution is 7.99. The summed E-state index contributed by atoms with van der Waals surface area (Å²) in [5.74, 6) is 0.0458. The lowest BCUT2D eigenvalue weighted by Gasteiger charge is -2.15. The third-order valence-corrected chi connectivity index (χ3v) is 5.63.